The first-order valence-corrected chi connectivity index (χ1v) is 15.8. The van der Waals surface area contributed by atoms with Crippen LogP contribution in [0.15, 0.2) is 63.2 Å². The van der Waals surface area contributed by atoms with E-state index in [1.165, 1.54) is 11.8 Å². The molecule has 0 spiro atoms. The number of rotatable bonds is 7. The van der Waals surface area contributed by atoms with Crippen LogP contribution in [0.1, 0.15) is 46.1 Å². The highest BCUT2D eigenvalue weighted by Gasteiger charge is 2.33. The van der Waals surface area contributed by atoms with Crippen molar-refractivity contribution in [2.24, 2.45) is 12.5 Å². The van der Waals surface area contributed by atoms with Crippen molar-refractivity contribution in [2.75, 3.05) is 24.5 Å². The van der Waals surface area contributed by atoms with Gasteiger partial charge >= 0.3 is 6.09 Å². The summed E-state index contributed by atoms with van der Waals surface area (Å²) < 4.78 is 8.79. The molecule has 0 saturated carbocycles. The normalized spacial score (nSPS) is 15.1. The number of hydrogen-bond donors (Lipinski definition) is 1. The average Bonchev–Trinajstić information content (AvgIpc) is 3.29. The number of anilines is 1. The van der Waals surface area contributed by atoms with Gasteiger partial charge in [0.15, 0.2) is 5.65 Å². The number of carbonyl (C=O) groups is 1. The van der Waals surface area contributed by atoms with Crippen LogP contribution in [0.4, 0.5) is 10.7 Å². The molecule has 1 saturated heterocycles. The average molecular weight is 644 g/mol. The van der Waals surface area contributed by atoms with E-state index in [1.54, 1.807) is 22.4 Å². The minimum absolute atomic E-state index is 0.106. The summed E-state index contributed by atoms with van der Waals surface area (Å²) in [6, 6.07) is 15.4. The van der Waals surface area contributed by atoms with Gasteiger partial charge in [-0.2, -0.15) is 10.1 Å². The van der Waals surface area contributed by atoms with Crippen molar-refractivity contribution in [1.29, 1.82) is 0 Å². The van der Waals surface area contributed by atoms with Gasteiger partial charge < -0.3 is 15.0 Å². The third kappa shape index (κ3) is 7.13. The molecule has 3 heterocycles. The Kier molecular flexibility index (Phi) is 9.02. The third-order valence-corrected chi connectivity index (χ3v) is 9.50. The zero-order valence-corrected chi connectivity index (χ0v) is 27.3. The van der Waals surface area contributed by atoms with Crippen LogP contribution in [-0.2, 0) is 18.3 Å². The molecule has 0 aliphatic carbocycles. The van der Waals surface area contributed by atoms with Crippen LogP contribution in [0.2, 0.25) is 10.0 Å². The number of nitrogens with one attached hydrogen (secondary N) is 1. The van der Waals surface area contributed by atoms with Crippen molar-refractivity contribution in [3.8, 4) is 0 Å². The number of halogens is 2. The van der Waals surface area contributed by atoms with Crippen molar-refractivity contribution < 1.29 is 9.53 Å². The molecule has 2 aromatic carbocycles. The Hall–Kier alpha value is -3.21. The van der Waals surface area contributed by atoms with Crippen LogP contribution < -0.4 is 15.8 Å². The van der Waals surface area contributed by atoms with Crippen LogP contribution in [-0.4, -0.2) is 50.7 Å². The zero-order chi connectivity index (χ0) is 30.9. The lowest BCUT2D eigenvalue weighted by atomic mass is 9.80. The first kappa shape index (κ1) is 31.2. The molecule has 1 amide bonds. The standard InChI is InChI=1S/C31H36Cl2N6O3S/c1-30(2,3)42-29(41)34-19-31(4)14-16-38(17-15-31)28-35-25-23(27(40)37(28)5)26(43-22-13-9-12-21(32)24(22)33)36-39(25)18-20-10-7-6-8-11-20/h6-13H,14-19H2,1-5H3,(H,34,41). The minimum atomic E-state index is -0.546. The highest BCUT2D eigenvalue weighted by Crippen LogP contribution is 2.39. The maximum atomic E-state index is 13.9. The topological polar surface area (TPSA) is 94.3 Å². The van der Waals surface area contributed by atoms with E-state index in [0.717, 1.165) is 18.4 Å². The highest BCUT2D eigenvalue weighted by molar-refractivity contribution is 7.99. The number of aromatic nitrogens is 4. The third-order valence-electron chi connectivity index (χ3n) is 7.53. The van der Waals surface area contributed by atoms with Crippen molar-refractivity contribution in [1.82, 2.24) is 24.6 Å². The number of hydrogen-bond acceptors (Lipinski definition) is 7. The van der Waals surface area contributed by atoms with Crippen LogP contribution in [0.3, 0.4) is 0 Å². The number of ether oxygens (including phenoxy) is 1. The van der Waals surface area contributed by atoms with Gasteiger partial charge in [0, 0.05) is 31.6 Å². The molecular formula is C31H36Cl2N6O3S. The van der Waals surface area contributed by atoms with Crippen molar-refractivity contribution >= 4 is 58.0 Å². The second-order valence-corrected chi connectivity index (χ2v) is 14.0. The van der Waals surface area contributed by atoms with Crippen LogP contribution in [0.5, 0.6) is 0 Å². The summed E-state index contributed by atoms with van der Waals surface area (Å²) in [7, 11) is 1.75. The van der Waals surface area contributed by atoms with Crippen molar-refractivity contribution in [3.05, 3.63) is 74.5 Å². The molecule has 0 unspecified atom stereocenters. The molecule has 43 heavy (non-hydrogen) atoms. The molecule has 1 fully saturated rings. The highest BCUT2D eigenvalue weighted by atomic mass is 35.5. The number of fused-ring (bicyclic) bond motifs is 1. The lowest BCUT2D eigenvalue weighted by Gasteiger charge is -2.40. The molecule has 0 bridgehead atoms. The predicted molar refractivity (Wildman–Crippen MR) is 173 cm³/mol. The maximum Gasteiger partial charge on any atom is 0.407 e. The fourth-order valence-electron chi connectivity index (χ4n) is 5.07. The van der Waals surface area contributed by atoms with E-state index in [1.807, 2.05) is 63.2 Å². The molecule has 2 aromatic heterocycles. The number of amides is 1. The number of benzene rings is 2. The molecule has 1 aliphatic heterocycles. The summed E-state index contributed by atoms with van der Waals surface area (Å²) >= 11 is 14.1. The number of alkyl carbamates (subject to hydrolysis) is 1. The molecule has 9 nitrogen and oxygen atoms in total. The van der Waals surface area contributed by atoms with E-state index in [-0.39, 0.29) is 11.0 Å². The van der Waals surface area contributed by atoms with Gasteiger partial charge in [0.05, 0.1) is 16.6 Å². The summed E-state index contributed by atoms with van der Waals surface area (Å²) in [5.41, 5.74) is 0.725. The summed E-state index contributed by atoms with van der Waals surface area (Å²) in [5, 5.41) is 9.60. The van der Waals surface area contributed by atoms with Gasteiger partial charge in [-0.3, -0.25) is 9.36 Å². The molecule has 1 aliphatic rings. The smallest absolute Gasteiger partial charge is 0.407 e. The maximum absolute atomic E-state index is 13.9. The van der Waals surface area contributed by atoms with Crippen molar-refractivity contribution in [2.45, 2.75) is 62.6 Å². The first-order chi connectivity index (χ1) is 20.3. The van der Waals surface area contributed by atoms with Gasteiger partial charge in [0.1, 0.15) is 16.0 Å². The first-order valence-electron chi connectivity index (χ1n) is 14.2. The molecule has 0 radical (unpaired) electrons. The molecule has 12 heteroatoms. The Morgan fingerprint density at radius 2 is 1.79 bits per heavy atom. The fourth-order valence-corrected chi connectivity index (χ4v) is 6.52. The summed E-state index contributed by atoms with van der Waals surface area (Å²) in [6.45, 7) is 10.0. The summed E-state index contributed by atoms with van der Waals surface area (Å²) in [5.74, 6) is 0.589. The molecule has 228 valence electrons. The van der Waals surface area contributed by atoms with Gasteiger partial charge in [-0.15, -0.1) is 0 Å². The largest absolute Gasteiger partial charge is 0.444 e. The van der Waals surface area contributed by atoms with Gasteiger partial charge in [-0.1, -0.05) is 78.3 Å². The van der Waals surface area contributed by atoms with Crippen molar-refractivity contribution in [3.63, 3.8) is 0 Å². The Bertz CT molecular complexity index is 1690. The second-order valence-electron chi connectivity index (χ2n) is 12.2. The van der Waals surface area contributed by atoms with E-state index in [4.69, 9.17) is 38.0 Å². The van der Waals surface area contributed by atoms with Crippen LogP contribution in [0, 0.1) is 5.41 Å². The zero-order valence-electron chi connectivity index (χ0n) is 25.0. The van der Waals surface area contributed by atoms with Gasteiger partial charge in [0.25, 0.3) is 5.56 Å². The number of nitrogens with zero attached hydrogens (tertiary/aromatic N) is 5. The molecule has 4 aromatic rings. The Morgan fingerprint density at radius 1 is 1.09 bits per heavy atom. The Morgan fingerprint density at radius 3 is 2.47 bits per heavy atom. The monoisotopic (exact) mass is 642 g/mol. The summed E-state index contributed by atoms with van der Waals surface area (Å²) in [6.07, 6.45) is 1.22. The lowest BCUT2D eigenvalue weighted by molar-refractivity contribution is 0.0495. The fraction of sp³-hybridized carbons (Fsp3) is 0.419. The quantitative estimate of drug-likeness (QED) is 0.238. The predicted octanol–water partition coefficient (Wildman–Crippen LogP) is 6.77. The summed E-state index contributed by atoms with van der Waals surface area (Å²) in [4.78, 5) is 34.1. The van der Waals surface area contributed by atoms with E-state index >= 15 is 0 Å². The van der Waals surface area contributed by atoms with Gasteiger partial charge in [0.2, 0.25) is 5.95 Å². The number of carbonyl (C=O) groups excluding carboxylic acids is 1. The Labute approximate surface area is 265 Å². The Balaban J connectivity index is 1.45. The molecule has 0 atom stereocenters. The second kappa shape index (κ2) is 12.4. The van der Waals surface area contributed by atoms with E-state index in [2.05, 4.69) is 17.1 Å². The number of piperidine rings is 1. The van der Waals surface area contributed by atoms with Crippen LogP contribution >= 0.6 is 35.0 Å². The van der Waals surface area contributed by atoms with Gasteiger partial charge in [-0.05, 0) is 56.7 Å². The minimum Gasteiger partial charge on any atom is -0.444 e. The van der Waals surface area contributed by atoms with E-state index in [9.17, 15) is 9.59 Å². The van der Waals surface area contributed by atoms with Gasteiger partial charge in [-0.25, -0.2) is 9.48 Å². The molecule has 5 rings (SSSR count). The SMILES string of the molecule is Cn1c(N2CCC(C)(CNC(=O)OC(C)(C)C)CC2)nc2c(c(Sc3cccc(Cl)c3Cl)nn2Cc2ccccc2)c1=O. The van der Waals surface area contributed by atoms with Crippen LogP contribution in [0.25, 0.3) is 11.0 Å². The molecular weight excluding hydrogens is 607 g/mol. The lowest BCUT2D eigenvalue weighted by Crippen LogP contribution is -2.47. The van der Waals surface area contributed by atoms with E-state index < -0.39 is 11.7 Å². The molecule has 1 N–H and O–H groups in total. The van der Waals surface area contributed by atoms with E-state index in [0.29, 0.717) is 63.1 Å².